The maximum atomic E-state index is 15.4. The molecule has 1 aliphatic rings. The summed E-state index contributed by atoms with van der Waals surface area (Å²) in [6.45, 7) is 4.33. The molecule has 0 unspecified atom stereocenters. The SMILES string of the molecule is CC(C)(C)C(=O)Nc1nc2n[nH]c(C(=O)NCC(=O)N3C[C@H](F)C[C@H]3C(=O)Nc3cccc(-c4ccccc4Cl)c3F)c2s1. The number of nitrogens with one attached hydrogen (secondary N) is 4. The van der Waals surface area contributed by atoms with Crippen molar-refractivity contribution < 1.29 is 28.0 Å². The molecule has 4 amide bonds. The van der Waals surface area contributed by atoms with Crippen LogP contribution in [0.15, 0.2) is 42.5 Å². The van der Waals surface area contributed by atoms with E-state index < -0.39 is 47.7 Å². The molecular weight excluding hydrogens is 616 g/mol. The number of hydrogen-bond acceptors (Lipinski definition) is 7. The average molecular weight is 644 g/mol. The number of H-pyrrole nitrogens is 1. The zero-order chi connectivity index (χ0) is 31.8. The standard InChI is InChI=1S/C29H28ClF2N7O4S/c1-29(2,3)27(43)36-28-35-24-23(44-28)22(37-38-24)26(42)33-12-20(40)39-13-14(31)11-19(39)25(41)34-18-10-6-8-16(21(18)32)15-7-4-5-9-17(15)30/h4-10,14,19H,11-13H2,1-3H3,(H,33,42)(H,34,41)(H2,35,36,37,38,43)/t14-,19+/m1/s1. The Balaban J connectivity index is 1.24. The van der Waals surface area contributed by atoms with Crippen molar-refractivity contribution >= 4 is 67.7 Å². The van der Waals surface area contributed by atoms with Crippen LogP contribution in [-0.2, 0) is 14.4 Å². The van der Waals surface area contributed by atoms with Crippen molar-refractivity contribution in [2.75, 3.05) is 23.7 Å². The first kappa shape index (κ1) is 31.0. The molecule has 2 atom stereocenters. The number of aromatic nitrogens is 3. The third-order valence-corrected chi connectivity index (χ3v) is 8.24. The van der Waals surface area contributed by atoms with Crippen LogP contribution in [0.1, 0.15) is 37.7 Å². The molecule has 2 aromatic heterocycles. The van der Waals surface area contributed by atoms with Crippen LogP contribution in [0.5, 0.6) is 0 Å². The molecule has 1 saturated heterocycles. The highest BCUT2D eigenvalue weighted by Crippen LogP contribution is 2.33. The van der Waals surface area contributed by atoms with Gasteiger partial charge >= 0.3 is 0 Å². The highest BCUT2D eigenvalue weighted by atomic mass is 35.5. The van der Waals surface area contributed by atoms with Gasteiger partial charge in [0.25, 0.3) is 5.91 Å². The van der Waals surface area contributed by atoms with Crippen molar-refractivity contribution in [2.45, 2.75) is 39.4 Å². The topological polar surface area (TPSA) is 149 Å². The quantitative estimate of drug-likeness (QED) is 0.228. The number of hydrogen-bond donors (Lipinski definition) is 4. The lowest BCUT2D eigenvalue weighted by atomic mass is 9.96. The number of carbonyl (C=O) groups is 4. The van der Waals surface area contributed by atoms with Crippen LogP contribution in [-0.4, -0.2) is 69.0 Å². The molecule has 0 radical (unpaired) electrons. The summed E-state index contributed by atoms with van der Waals surface area (Å²) < 4.78 is 30.2. The van der Waals surface area contributed by atoms with Gasteiger partial charge in [0.05, 0.1) is 18.8 Å². The Morgan fingerprint density at radius 1 is 1.09 bits per heavy atom. The van der Waals surface area contributed by atoms with Crippen LogP contribution in [0.4, 0.5) is 19.6 Å². The number of aromatic amines is 1. The molecule has 15 heteroatoms. The van der Waals surface area contributed by atoms with Crippen LogP contribution in [0, 0.1) is 11.2 Å². The minimum absolute atomic E-state index is 0.0227. The van der Waals surface area contributed by atoms with E-state index in [1.807, 2.05) is 0 Å². The number of halogens is 3. The average Bonchev–Trinajstić information content (AvgIpc) is 3.67. The summed E-state index contributed by atoms with van der Waals surface area (Å²) in [4.78, 5) is 56.6. The van der Waals surface area contributed by atoms with E-state index in [0.717, 1.165) is 16.2 Å². The fraction of sp³-hybridized carbons (Fsp3) is 0.310. The molecule has 2 aromatic carbocycles. The third-order valence-electron chi connectivity index (χ3n) is 6.93. The number of amides is 4. The second kappa shape index (κ2) is 12.3. The fourth-order valence-electron chi connectivity index (χ4n) is 4.59. The fourth-order valence-corrected chi connectivity index (χ4v) is 5.72. The normalized spacial score (nSPS) is 16.6. The summed E-state index contributed by atoms with van der Waals surface area (Å²) in [5.41, 5.74) is 0.0111. The molecule has 11 nitrogen and oxygen atoms in total. The number of rotatable bonds is 7. The molecule has 1 aliphatic heterocycles. The van der Waals surface area contributed by atoms with Crippen LogP contribution < -0.4 is 16.0 Å². The van der Waals surface area contributed by atoms with Gasteiger partial charge in [-0.2, -0.15) is 10.1 Å². The Hall–Kier alpha value is -4.43. The van der Waals surface area contributed by atoms with Crippen molar-refractivity contribution in [3.8, 4) is 11.1 Å². The summed E-state index contributed by atoms with van der Waals surface area (Å²) in [5.74, 6) is -3.16. The lowest BCUT2D eigenvalue weighted by Crippen LogP contribution is -2.47. The largest absolute Gasteiger partial charge is 0.342 e. The monoisotopic (exact) mass is 643 g/mol. The maximum Gasteiger partial charge on any atom is 0.271 e. The van der Waals surface area contributed by atoms with Crippen molar-refractivity contribution in [1.82, 2.24) is 25.4 Å². The molecule has 0 bridgehead atoms. The number of fused-ring (bicyclic) bond motifs is 1. The zero-order valence-electron chi connectivity index (χ0n) is 23.8. The number of likely N-dealkylation sites (tertiary alicyclic amines) is 1. The molecule has 1 fully saturated rings. The van der Waals surface area contributed by atoms with Crippen molar-refractivity contribution in [1.29, 1.82) is 0 Å². The first-order chi connectivity index (χ1) is 20.8. The van der Waals surface area contributed by atoms with E-state index in [1.54, 1.807) is 51.1 Å². The molecule has 0 aliphatic carbocycles. The summed E-state index contributed by atoms with van der Waals surface area (Å²) in [5, 5.41) is 14.7. The van der Waals surface area contributed by atoms with Crippen molar-refractivity contribution in [3.63, 3.8) is 0 Å². The van der Waals surface area contributed by atoms with Crippen molar-refractivity contribution in [3.05, 3.63) is 59.0 Å². The first-order valence-electron chi connectivity index (χ1n) is 13.6. The Morgan fingerprint density at radius 3 is 2.55 bits per heavy atom. The number of benzene rings is 2. The van der Waals surface area contributed by atoms with E-state index in [4.69, 9.17) is 11.6 Å². The Labute approximate surface area is 259 Å². The van der Waals surface area contributed by atoms with Crippen LogP contribution >= 0.6 is 22.9 Å². The summed E-state index contributed by atoms with van der Waals surface area (Å²) in [7, 11) is 0. The van der Waals surface area contributed by atoms with Crippen LogP contribution in [0.2, 0.25) is 5.02 Å². The maximum absolute atomic E-state index is 15.4. The van der Waals surface area contributed by atoms with E-state index in [1.165, 1.54) is 12.1 Å². The summed E-state index contributed by atoms with van der Waals surface area (Å²) in [6, 6.07) is 9.83. The molecule has 0 saturated carbocycles. The molecule has 3 heterocycles. The van der Waals surface area contributed by atoms with E-state index in [-0.39, 0.29) is 46.6 Å². The van der Waals surface area contributed by atoms with Gasteiger partial charge in [-0.05, 0) is 12.1 Å². The lowest BCUT2D eigenvalue weighted by molar-refractivity contribution is -0.135. The number of alkyl halides is 1. The second-order valence-corrected chi connectivity index (χ2v) is 12.6. The molecule has 4 N–H and O–H groups in total. The van der Waals surface area contributed by atoms with Gasteiger partial charge in [-0.1, -0.05) is 74.0 Å². The highest BCUT2D eigenvalue weighted by Gasteiger charge is 2.40. The molecular formula is C29H28ClF2N7O4S. The molecule has 230 valence electrons. The van der Waals surface area contributed by atoms with Crippen LogP contribution in [0.3, 0.4) is 0 Å². The van der Waals surface area contributed by atoms with Gasteiger partial charge in [0.1, 0.15) is 22.6 Å². The van der Waals surface area contributed by atoms with Gasteiger partial charge in [0, 0.05) is 28.0 Å². The summed E-state index contributed by atoms with van der Waals surface area (Å²) >= 11 is 7.25. The molecule has 5 rings (SSSR count). The third kappa shape index (κ3) is 6.40. The number of anilines is 2. The van der Waals surface area contributed by atoms with Gasteiger partial charge < -0.3 is 20.9 Å². The predicted molar refractivity (Wildman–Crippen MR) is 163 cm³/mol. The number of carbonyl (C=O) groups excluding carboxylic acids is 4. The first-order valence-corrected chi connectivity index (χ1v) is 14.7. The van der Waals surface area contributed by atoms with Gasteiger partial charge in [-0.25, -0.2) is 8.78 Å². The highest BCUT2D eigenvalue weighted by molar-refractivity contribution is 7.22. The predicted octanol–water partition coefficient (Wildman–Crippen LogP) is 4.77. The van der Waals surface area contributed by atoms with Crippen LogP contribution in [0.25, 0.3) is 21.5 Å². The van der Waals surface area contributed by atoms with E-state index >= 15 is 4.39 Å². The lowest BCUT2D eigenvalue weighted by Gasteiger charge is -2.24. The smallest absolute Gasteiger partial charge is 0.271 e. The van der Waals surface area contributed by atoms with Gasteiger partial charge in [0.15, 0.2) is 16.6 Å². The van der Waals surface area contributed by atoms with E-state index in [0.29, 0.717) is 15.3 Å². The zero-order valence-corrected chi connectivity index (χ0v) is 25.4. The Kier molecular flexibility index (Phi) is 8.66. The molecule has 0 spiro atoms. The van der Waals surface area contributed by atoms with Crippen molar-refractivity contribution in [2.24, 2.45) is 5.41 Å². The molecule has 4 aromatic rings. The van der Waals surface area contributed by atoms with E-state index in [9.17, 15) is 23.6 Å². The number of thiazole rings is 1. The minimum atomic E-state index is -1.49. The van der Waals surface area contributed by atoms with Gasteiger partial charge in [0.2, 0.25) is 17.7 Å². The second-order valence-electron chi connectivity index (χ2n) is 11.2. The summed E-state index contributed by atoms with van der Waals surface area (Å²) in [6.07, 6.45) is -1.78. The Bertz CT molecular complexity index is 1770. The minimum Gasteiger partial charge on any atom is -0.342 e. The molecule has 44 heavy (non-hydrogen) atoms. The number of nitrogens with zero attached hydrogens (tertiary/aromatic N) is 3. The van der Waals surface area contributed by atoms with Gasteiger partial charge in [-0.15, -0.1) is 0 Å². The Morgan fingerprint density at radius 2 is 1.82 bits per heavy atom. The van der Waals surface area contributed by atoms with E-state index in [2.05, 4.69) is 31.1 Å². The van der Waals surface area contributed by atoms with Gasteiger partial charge in [-0.3, -0.25) is 24.3 Å².